The lowest BCUT2D eigenvalue weighted by Crippen LogP contribution is -2.29. The normalized spacial score (nSPS) is 12.8. The highest BCUT2D eigenvalue weighted by atomic mass is 35.5. The van der Waals surface area contributed by atoms with Crippen LogP contribution in [0.3, 0.4) is 0 Å². The Hall–Kier alpha value is -1.84. The van der Waals surface area contributed by atoms with Gasteiger partial charge in [0.1, 0.15) is 0 Å². The lowest BCUT2D eigenvalue weighted by Gasteiger charge is -2.16. The second-order valence-electron chi connectivity index (χ2n) is 5.92. The number of esters is 1. The van der Waals surface area contributed by atoms with E-state index in [4.69, 9.17) is 10.5 Å². The topological polar surface area (TPSA) is 52.3 Å². The van der Waals surface area contributed by atoms with Gasteiger partial charge in [-0.05, 0) is 36.5 Å². The highest BCUT2D eigenvalue weighted by Gasteiger charge is 2.17. The van der Waals surface area contributed by atoms with E-state index >= 15 is 0 Å². The third kappa shape index (κ3) is 5.99. The minimum Gasteiger partial charge on any atom is -0.466 e. The second-order valence-corrected chi connectivity index (χ2v) is 5.92. The molecule has 4 heteroatoms. The van der Waals surface area contributed by atoms with E-state index in [1.807, 2.05) is 32.0 Å². The van der Waals surface area contributed by atoms with E-state index in [2.05, 4.69) is 36.4 Å². The minimum atomic E-state index is -0.164. The van der Waals surface area contributed by atoms with Crippen LogP contribution >= 0.6 is 12.4 Å². The summed E-state index contributed by atoms with van der Waals surface area (Å²) in [6, 6.07) is 18.7. The summed E-state index contributed by atoms with van der Waals surface area (Å²) in [7, 11) is 0. The molecule has 0 fully saturated rings. The molecule has 0 unspecified atom stereocenters. The van der Waals surface area contributed by atoms with Crippen molar-refractivity contribution in [3.8, 4) is 11.1 Å². The van der Waals surface area contributed by atoms with Crippen molar-refractivity contribution >= 4 is 18.4 Å². The van der Waals surface area contributed by atoms with Crippen molar-refractivity contribution in [2.75, 3.05) is 6.61 Å². The smallest absolute Gasteiger partial charge is 0.308 e. The molecule has 2 rings (SSSR count). The van der Waals surface area contributed by atoms with E-state index in [0.717, 1.165) is 6.42 Å². The number of nitrogens with two attached hydrogens (primary N) is 1. The predicted octanol–water partition coefficient (Wildman–Crippen LogP) is 4.23. The Morgan fingerprint density at radius 3 is 2.21 bits per heavy atom. The molecule has 0 aromatic heterocycles. The average molecular weight is 348 g/mol. The van der Waals surface area contributed by atoms with Gasteiger partial charge in [0.2, 0.25) is 0 Å². The van der Waals surface area contributed by atoms with Crippen LogP contribution in [0, 0.1) is 5.92 Å². The Bertz CT molecular complexity index is 613. The zero-order valence-corrected chi connectivity index (χ0v) is 15.1. The Kier molecular flexibility index (Phi) is 8.51. The van der Waals surface area contributed by atoms with Gasteiger partial charge >= 0.3 is 5.97 Å². The molecule has 24 heavy (non-hydrogen) atoms. The minimum absolute atomic E-state index is 0. The number of ether oxygens (including phenoxy) is 1. The van der Waals surface area contributed by atoms with Crippen LogP contribution in [0.5, 0.6) is 0 Å². The first-order valence-electron chi connectivity index (χ1n) is 8.16. The van der Waals surface area contributed by atoms with Gasteiger partial charge in [0.15, 0.2) is 0 Å². The third-order valence-corrected chi connectivity index (χ3v) is 3.90. The molecule has 130 valence electrons. The molecule has 2 atom stereocenters. The maximum absolute atomic E-state index is 11.7. The monoisotopic (exact) mass is 347 g/mol. The SMILES string of the molecule is CCOC(=O)[C@H](C)C[C@@H](N)Cc1ccc(-c2ccccc2)cc1.Cl. The highest BCUT2D eigenvalue weighted by molar-refractivity contribution is 5.85. The number of hydrogen-bond donors (Lipinski definition) is 1. The van der Waals surface area contributed by atoms with Crippen molar-refractivity contribution in [2.45, 2.75) is 32.7 Å². The quantitative estimate of drug-likeness (QED) is 0.762. The molecule has 0 spiro atoms. The summed E-state index contributed by atoms with van der Waals surface area (Å²) >= 11 is 0. The first-order valence-corrected chi connectivity index (χ1v) is 8.16. The highest BCUT2D eigenvalue weighted by Crippen LogP contribution is 2.20. The molecule has 2 aromatic rings. The van der Waals surface area contributed by atoms with Crippen molar-refractivity contribution in [2.24, 2.45) is 11.7 Å². The number of carbonyl (C=O) groups excluding carboxylic acids is 1. The van der Waals surface area contributed by atoms with Gasteiger partial charge in [-0.3, -0.25) is 4.79 Å². The van der Waals surface area contributed by atoms with Crippen LogP contribution < -0.4 is 5.73 Å². The average Bonchev–Trinajstić information content (AvgIpc) is 2.56. The first kappa shape index (κ1) is 20.2. The standard InChI is InChI=1S/C20H25NO2.ClH/c1-3-23-20(22)15(2)13-19(21)14-16-9-11-18(12-10-16)17-7-5-4-6-8-17;/h4-12,15,19H,3,13-14,21H2,1-2H3;1H/t15-,19-;/m1./s1. The molecular weight excluding hydrogens is 322 g/mol. The maximum atomic E-state index is 11.7. The van der Waals surface area contributed by atoms with Crippen molar-refractivity contribution in [3.05, 3.63) is 60.2 Å². The fourth-order valence-electron chi connectivity index (χ4n) is 2.68. The van der Waals surface area contributed by atoms with Gasteiger partial charge in [0.05, 0.1) is 12.5 Å². The molecule has 2 N–H and O–H groups in total. The van der Waals surface area contributed by atoms with E-state index in [0.29, 0.717) is 13.0 Å². The third-order valence-electron chi connectivity index (χ3n) is 3.90. The van der Waals surface area contributed by atoms with Gasteiger partial charge in [0, 0.05) is 6.04 Å². The second kappa shape index (κ2) is 10.1. The van der Waals surface area contributed by atoms with Crippen molar-refractivity contribution in [1.29, 1.82) is 0 Å². The fourth-order valence-corrected chi connectivity index (χ4v) is 2.68. The summed E-state index contributed by atoms with van der Waals surface area (Å²) in [5.74, 6) is -0.323. The van der Waals surface area contributed by atoms with Crippen LogP contribution in [0.4, 0.5) is 0 Å². The van der Waals surface area contributed by atoms with Crippen molar-refractivity contribution < 1.29 is 9.53 Å². The number of hydrogen-bond acceptors (Lipinski definition) is 3. The van der Waals surface area contributed by atoms with Gasteiger partial charge < -0.3 is 10.5 Å². The number of benzene rings is 2. The summed E-state index contributed by atoms with van der Waals surface area (Å²) in [6.07, 6.45) is 1.40. The van der Waals surface area contributed by atoms with Crippen LogP contribution in [0.15, 0.2) is 54.6 Å². The van der Waals surface area contributed by atoms with Gasteiger partial charge in [-0.2, -0.15) is 0 Å². The van der Waals surface area contributed by atoms with Gasteiger partial charge in [-0.15, -0.1) is 12.4 Å². The summed E-state index contributed by atoms with van der Waals surface area (Å²) in [5.41, 5.74) is 9.77. The molecule has 0 amide bonds. The van der Waals surface area contributed by atoms with Crippen LogP contribution in [0.25, 0.3) is 11.1 Å². The molecular formula is C20H26ClNO2. The molecule has 0 aliphatic heterocycles. The van der Waals surface area contributed by atoms with Gasteiger partial charge in [-0.1, -0.05) is 61.5 Å². The molecule has 0 radical (unpaired) electrons. The van der Waals surface area contributed by atoms with Crippen LogP contribution in [-0.4, -0.2) is 18.6 Å². The number of halogens is 1. The van der Waals surface area contributed by atoms with Crippen molar-refractivity contribution in [1.82, 2.24) is 0 Å². The molecule has 0 saturated carbocycles. The predicted molar refractivity (Wildman–Crippen MR) is 101 cm³/mol. The molecule has 0 aliphatic carbocycles. The van der Waals surface area contributed by atoms with Crippen LogP contribution in [0.1, 0.15) is 25.8 Å². The number of carbonyl (C=O) groups is 1. The van der Waals surface area contributed by atoms with Gasteiger partial charge in [0.25, 0.3) is 0 Å². The maximum Gasteiger partial charge on any atom is 0.308 e. The molecule has 0 bridgehead atoms. The van der Waals surface area contributed by atoms with E-state index < -0.39 is 0 Å². The van der Waals surface area contributed by atoms with Crippen LogP contribution in [-0.2, 0) is 16.0 Å². The zero-order chi connectivity index (χ0) is 16.7. The summed E-state index contributed by atoms with van der Waals surface area (Å²) in [4.78, 5) is 11.7. The van der Waals surface area contributed by atoms with Gasteiger partial charge in [-0.25, -0.2) is 0 Å². The molecule has 0 heterocycles. The molecule has 2 aromatic carbocycles. The summed E-state index contributed by atoms with van der Waals surface area (Å²) in [6.45, 7) is 4.11. The van der Waals surface area contributed by atoms with E-state index in [9.17, 15) is 4.79 Å². The number of rotatable bonds is 7. The fraction of sp³-hybridized carbons (Fsp3) is 0.350. The lowest BCUT2D eigenvalue weighted by molar-refractivity contribution is -0.147. The van der Waals surface area contributed by atoms with Crippen molar-refractivity contribution in [3.63, 3.8) is 0 Å². The van der Waals surface area contributed by atoms with E-state index in [1.54, 1.807) is 0 Å². The Labute approximate surface area is 150 Å². The van der Waals surface area contributed by atoms with E-state index in [-0.39, 0.29) is 30.3 Å². The molecule has 0 saturated heterocycles. The van der Waals surface area contributed by atoms with E-state index in [1.165, 1.54) is 16.7 Å². The summed E-state index contributed by atoms with van der Waals surface area (Å²) in [5, 5.41) is 0. The Morgan fingerprint density at radius 2 is 1.62 bits per heavy atom. The molecule has 3 nitrogen and oxygen atoms in total. The Morgan fingerprint density at radius 1 is 1.04 bits per heavy atom. The summed E-state index contributed by atoms with van der Waals surface area (Å²) < 4.78 is 5.02. The van der Waals surface area contributed by atoms with Crippen LogP contribution in [0.2, 0.25) is 0 Å². The zero-order valence-electron chi connectivity index (χ0n) is 14.3. The first-order chi connectivity index (χ1) is 11.1. The lowest BCUT2D eigenvalue weighted by atomic mass is 9.95. The largest absolute Gasteiger partial charge is 0.466 e. The molecule has 0 aliphatic rings. The Balaban J connectivity index is 0.00000288.